The lowest BCUT2D eigenvalue weighted by molar-refractivity contribution is 0.0277. The first-order valence-electron chi connectivity index (χ1n) is 8.12. The molecule has 1 aromatic carbocycles. The Kier molecular flexibility index (Phi) is 5.11. The molecule has 1 saturated carbocycles. The van der Waals surface area contributed by atoms with Crippen LogP contribution in [0.3, 0.4) is 0 Å². The van der Waals surface area contributed by atoms with E-state index in [9.17, 15) is 0 Å². The SMILES string of the molecule is NCC(c1c(Cl)cccc1Cl)N1CCCC2CCCCC21. The minimum absolute atomic E-state index is 0.150. The van der Waals surface area contributed by atoms with E-state index in [1.54, 1.807) is 0 Å². The summed E-state index contributed by atoms with van der Waals surface area (Å²) in [4.78, 5) is 2.60. The summed E-state index contributed by atoms with van der Waals surface area (Å²) in [5.41, 5.74) is 7.16. The highest BCUT2D eigenvalue weighted by molar-refractivity contribution is 6.36. The highest BCUT2D eigenvalue weighted by Gasteiger charge is 2.37. The van der Waals surface area contributed by atoms with Crippen molar-refractivity contribution in [2.24, 2.45) is 11.7 Å². The smallest absolute Gasteiger partial charge is 0.0503 e. The highest BCUT2D eigenvalue weighted by atomic mass is 35.5. The molecule has 3 atom stereocenters. The quantitative estimate of drug-likeness (QED) is 0.876. The van der Waals surface area contributed by atoms with Crippen molar-refractivity contribution in [2.75, 3.05) is 13.1 Å². The first kappa shape index (κ1) is 15.6. The average Bonchev–Trinajstić information content (AvgIpc) is 2.51. The molecule has 3 unspecified atom stereocenters. The topological polar surface area (TPSA) is 29.3 Å². The van der Waals surface area contributed by atoms with E-state index in [-0.39, 0.29) is 6.04 Å². The second-order valence-corrected chi connectivity index (χ2v) is 7.19. The number of nitrogens with zero attached hydrogens (tertiary/aromatic N) is 1. The molecule has 1 aliphatic heterocycles. The number of fused-ring (bicyclic) bond motifs is 1. The first-order valence-corrected chi connectivity index (χ1v) is 8.87. The fraction of sp³-hybridized carbons (Fsp3) is 0.647. The summed E-state index contributed by atoms with van der Waals surface area (Å²) >= 11 is 12.9. The fourth-order valence-corrected chi connectivity index (χ4v) is 4.95. The molecule has 2 fully saturated rings. The van der Waals surface area contributed by atoms with Crippen molar-refractivity contribution in [3.05, 3.63) is 33.8 Å². The predicted octanol–water partition coefficient (Wildman–Crippen LogP) is 4.65. The molecule has 0 aromatic heterocycles. The van der Waals surface area contributed by atoms with Crippen LogP contribution >= 0.6 is 23.2 Å². The molecule has 0 amide bonds. The van der Waals surface area contributed by atoms with Crippen molar-refractivity contribution in [2.45, 2.75) is 50.6 Å². The summed E-state index contributed by atoms with van der Waals surface area (Å²) in [6, 6.07) is 6.56. The van der Waals surface area contributed by atoms with Gasteiger partial charge in [-0.1, -0.05) is 42.1 Å². The zero-order valence-electron chi connectivity index (χ0n) is 12.4. The molecule has 1 aliphatic carbocycles. The first-order chi connectivity index (χ1) is 10.2. The number of hydrogen-bond acceptors (Lipinski definition) is 2. The molecule has 0 radical (unpaired) electrons. The van der Waals surface area contributed by atoms with E-state index in [0.717, 1.165) is 28.1 Å². The summed E-state index contributed by atoms with van der Waals surface area (Å²) < 4.78 is 0. The van der Waals surface area contributed by atoms with Gasteiger partial charge in [-0.15, -0.1) is 0 Å². The van der Waals surface area contributed by atoms with Crippen molar-refractivity contribution in [1.29, 1.82) is 0 Å². The Labute approximate surface area is 137 Å². The average molecular weight is 327 g/mol. The van der Waals surface area contributed by atoms with Gasteiger partial charge in [-0.2, -0.15) is 0 Å². The van der Waals surface area contributed by atoms with E-state index in [0.29, 0.717) is 12.6 Å². The van der Waals surface area contributed by atoms with Crippen LogP contribution in [0.4, 0.5) is 0 Å². The van der Waals surface area contributed by atoms with Crippen LogP contribution in [0.25, 0.3) is 0 Å². The minimum Gasteiger partial charge on any atom is -0.329 e. The van der Waals surface area contributed by atoms with E-state index in [1.807, 2.05) is 18.2 Å². The number of rotatable bonds is 3. The summed E-state index contributed by atoms with van der Waals surface area (Å²) in [6.07, 6.45) is 8.02. The zero-order valence-corrected chi connectivity index (χ0v) is 13.9. The molecule has 21 heavy (non-hydrogen) atoms. The Morgan fingerprint density at radius 2 is 1.76 bits per heavy atom. The minimum atomic E-state index is 0.150. The molecule has 4 heteroatoms. The van der Waals surface area contributed by atoms with E-state index in [2.05, 4.69) is 4.90 Å². The van der Waals surface area contributed by atoms with Gasteiger partial charge in [0, 0.05) is 28.2 Å². The Balaban J connectivity index is 1.91. The summed E-state index contributed by atoms with van der Waals surface area (Å²) in [6.45, 7) is 1.69. The third-order valence-corrected chi connectivity index (χ3v) is 5.90. The number of benzene rings is 1. The Morgan fingerprint density at radius 1 is 1.10 bits per heavy atom. The van der Waals surface area contributed by atoms with Crippen LogP contribution in [0, 0.1) is 5.92 Å². The lowest BCUT2D eigenvalue weighted by atomic mass is 9.77. The summed E-state index contributed by atoms with van der Waals surface area (Å²) in [5.74, 6) is 0.836. The van der Waals surface area contributed by atoms with Crippen LogP contribution in [0.2, 0.25) is 10.0 Å². The maximum absolute atomic E-state index is 6.43. The maximum Gasteiger partial charge on any atom is 0.0503 e. The van der Waals surface area contributed by atoms with Gasteiger partial charge in [0.2, 0.25) is 0 Å². The van der Waals surface area contributed by atoms with E-state index in [1.165, 1.54) is 38.5 Å². The van der Waals surface area contributed by atoms with Crippen LogP contribution in [0.15, 0.2) is 18.2 Å². The number of halogens is 2. The molecule has 2 nitrogen and oxygen atoms in total. The van der Waals surface area contributed by atoms with Gasteiger partial charge in [-0.25, -0.2) is 0 Å². The van der Waals surface area contributed by atoms with Crippen molar-refractivity contribution in [1.82, 2.24) is 4.90 Å². The van der Waals surface area contributed by atoms with Crippen molar-refractivity contribution >= 4 is 23.2 Å². The van der Waals surface area contributed by atoms with Crippen molar-refractivity contribution in [3.8, 4) is 0 Å². The van der Waals surface area contributed by atoms with Gasteiger partial charge in [-0.05, 0) is 50.3 Å². The van der Waals surface area contributed by atoms with E-state index < -0.39 is 0 Å². The molecule has 0 bridgehead atoms. The lowest BCUT2D eigenvalue weighted by Crippen LogP contribution is -2.50. The second kappa shape index (κ2) is 6.87. The molecule has 2 aliphatic rings. The van der Waals surface area contributed by atoms with E-state index >= 15 is 0 Å². The van der Waals surface area contributed by atoms with Gasteiger partial charge in [-0.3, -0.25) is 4.90 Å². The second-order valence-electron chi connectivity index (χ2n) is 6.38. The Morgan fingerprint density at radius 3 is 2.48 bits per heavy atom. The number of nitrogens with two attached hydrogens (primary N) is 1. The van der Waals surface area contributed by atoms with Crippen LogP contribution in [0.1, 0.15) is 50.1 Å². The van der Waals surface area contributed by atoms with Crippen LogP contribution in [-0.2, 0) is 0 Å². The van der Waals surface area contributed by atoms with Gasteiger partial charge in [0.25, 0.3) is 0 Å². The van der Waals surface area contributed by atoms with Gasteiger partial charge < -0.3 is 5.73 Å². The normalized spacial score (nSPS) is 28.1. The number of piperidine rings is 1. The van der Waals surface area contributed by atoms with Crippen LogP contribution in [0.5, 0.6) is 0 Å². The molecule has 116 valence electrons. The molecular weight excluding hydrogens is 303 g/mol. The molecule has 1 heterocycles. The summed E-state index contributed by atoms with van der Waals surface area (Å²) in [5, 5.41) is 1.49. The van der Waals surface area contributed by atoms with Crippen molar-refractivity contribution in [3.63, 3.8) is 0 Å². The zero-order chi connectivity index (χ0) is 14.8. The number of likely N-dealkylation sites (tertiary alicyclic amines) is 1. The predicted molar refractivity (Wildman–Crippen MR) is 89.9 cm³/mol. The molecule has 1 aromatic rings. The molecule has 3 rings (SSSR count). The maximum atomic E-state index is 6.43. The molecule has 1 saturated heterocycles. The third-order valence-electron chi connectivity index (χ3n) is 5.24. The highest BCUT2D eigenvalue weighted by Crippen LogP contribution is 2.41. The Bertz CT molecular complexity index is 469. The van der Waals surface area contributed by atoms with Gasteiger partial charge in [0.15, 0.2) is 0 Å². The van der Waals surface area contributed by atoms with E-state index in [4.69, 9.17) is 28.9 Å². The molecule has 0 spiro atoms. The van der Waals surface area contributed by atoms with Gasteiger partial charge in [0.1, 0.15) is 0 Å². The van der Waals surface area contributed by atoms with Crippen LogP contribution < -0.4 is 5.73 Å². The number of hydrogen-bond donors (Lipinski definition) is 1. The monoisotopic (exact) mass is 326 g/mol. The third kappa shape index (κ3) is 3.10. The molecular formula is C17H24Cl2N2. The van der Waals surface area contributed by atoms with Crippen LogP contribution in [-0.4, -0.2) is 24.0 Å². The molecule has 2 N–H and O–H groups in total. The lowest BCUT2D eigenvalue weighted by Gasteiger charge is -2.47. The van der Waals surface area contributed by atoms with Crippen molar-refractivity contribution < 1.29 is 0 Å². The van der Waals surface area contributed by atoms with Gasteiger partial charge in [0.05, 0.1) is 6.04 Å². The largest absolute Gasteiger partial charge is 0.329 e. The van der Waals surface area contributed by atoms with Gasteiger partial charge >= 0.3 is 0 Å². The standard InChI is InChI=1S/C17H24Cl2N2/c18-13-7-3-8-14(19)17(13)16(11-20)21-10-4-6-12-5-1-2-9-15(12)21/h3,7-8,12,15-16H,1-2,4-6,9-11,20H2. The fourth-order valence-electron chi connectivity index (χ4n) is 4.30. The Hall–Kier alpha value is -0.280. The summed E-state index contributed by atoms with van der Waals surface area (Å²) in [7, 11) is 0.